The fourth-order valence-electron chi connectivity index (χ4n) is 2.31. The molecule has 0 bridgehead atoms. The molecule has 0 spiro atoms. The van der Waals surface area contributed by atoms with Crippen LogP contribution in [0.15, 0.2) is 46.9 Å². The minimum absolute atomic E-state index is 0.253. The lowest BCUT2D eigenvalue weighted by Crippen LogP contribution is -2.22. The molecule has 100 valence electrons. The van der Waals surface area contributed by atoms with Crippen molar-refractivity contribution in [2.75, 3.05) is 6.54 Å². The van der Waals surface area contributed by atoms with Crippen LogP contribution in [-0.2, 0) is 0 Å². The highest BCUT2D eigenvalue weighted by Gasteiger charge is 2.15. The molecule has 0 saturated heterocycles. The average molecular weight is 318 g/mol. The highest BCUT2D eigenvalue weighted by molar-refractivity contribution is 9.10. The predicted octanol–water partition coefficient (Wildman–Crippen LogP) is 4.76. The summed E-state index contributed by atoms with van der Waals surface area (Å²) in [6.07, 6.45) is 0. The first-order valence-electron chi connectivity index (χ1n) is 6.68. The fraction of sp³-hybridized carbons (Fsp3) is 0.294. The van der Waals surface area contributed by atoms with Crippen LogP contribution >= 0.6 is 15.9 Å². The molecule has 0 saturated carbocycles. The number of nitrogens with one attached hydrogen (secondary N) is 1. The third kappa shape index (κ3) is 3.26. The highest BCUT2D eigenvalue weighted by atomic mass is 79.9. The Morgan fingerprint density at radius 1 is 1.05 bits per heavy atom. The van der Waals surface area contributed by atoms with E-state index in [0.29, 0.717) is 0 Å². The van der Waals surface area contributed by atoms with E-state index in [-0.39, 0.29) is 6.04 Å². The Labute approximate surface area is 124 Å². The fourth-order valence-corrected chi connectivity index (χ4v) is 2.69. The molecule has 1 nitrogen and oxygen atoms in total. The molecule has 0 amide bonds. The van der Waals surface area contributed by atoms with Crippen LogP contribution in [0.3, 0.4) is 0 Å². The largest absolute Gasteiger partial charge is 0.307 e. The maximum absolute atomic E-state index is 3.62. The van der Waals surface area contributed by atoms with Gasteiger partial charge in [0.05, 0.1) is 6.04 Å². The second kappa shape index (κ2) is 6.36. The molecule has 0 aliphatic carbocycles. The number of hydrogen-bond donors (Lipinski definition) is 1. The summed E-state index contributed by atoms with van der Waals surface area (Å²) in [5, 5.41) is 3.58. The van der Waals surface area contributed by atoms with Crippen LogP contribution in [0, 0.1) is 13.8 Å². The normalized spacial score (nSPS) is 12.4. The van der Waals surface area contributed by atoms with Crippen molar-refractivity contribution >= 4 is 15.9 Å². The van der Waals surface area contributed by atoms with E-state index >= 15 is 0 Å². The van der Waals surface area contributed by atoms with E-state index in [9.17, 15) is 0 Å². The van der Waals surface area contributed by atoms with Gasteiger partial charge in [-0.1, -0.05) is 64.8 Å². The van der Waals surface area contributed by atoms with Gasteiger partial charge in [0.25, 0.3) is 0 Å². The van der Waals surface area contributed by atoms with Crippen molar-refractivity contribution in [1.29, 1.82) is 0 Å². The zero-order valence-corrected chi connectivity index (χ0v) is 13.3. The molecule has 0 aromatic heterocycles. The summed E-state index contributed by atoms with van der Waals surface area (Å²) in [4.78, 5) is 0. The number of aryl methyl sites for hydroxylation is 1. The van der Waals surface area contributed by atoms with Gasteiger partial charge in [-0.05, 0) is 43.1 Å². The SMILES string of the molecule is CCNC(c1ccc(C)cc1)c1cccc(Br)c1C. The van der Waals surface area contributed by atoms with Gasteiger partial charge in [-0.15, -0.1) is 0 Å². The molecule has 1 N–H and O–H groups in total. The van der Waals surface area contributed by atoms with Crippen LogP contribution in [0.1, 0.15) is 35.2 Å². The highest BCUT2D eigenvalue weighted by Crippen LogP contribution is 2.29. The standard InChI is InChI=1S/C17H20BrN/c1-4-19-17(14-10-8-12(2)9-11-14)15-6-5-7-16(18)13(15)3/h5-11,17,19H,4H2,1-3H3. The molecular weight excluding hydrogens is 298 g/mol. The maximum atomic E-state index is 3.62. The van der Waals surface area contributed by atoms with E-state index in [0.717, 1.165) is 6.54 Å². The molecule has 19 heavy (non-hydrogen) atoms. The maximum Gasteiger partial charge on any atom is 0.0579 e. The average Bonchev–Trinajstić information content (AvgIpc) is 2.41. The first-order valence-corrected chi connectivity index (χ1v) is 7.47. The summed E-state index contributed by atoms with van der Waals surface area (Å²) < 4.78 is 1.17. The summed E-state index contributed by atoms with van der Waals surface area (Å²) in [6, 6.07) is 15.4. The third-order valence-corrected chi connectivity index (χ3v) is 4.30. The molecule has 2 aromatic carbocycles. The Morgan fingerprint density at radius 3 is 2.37 bits per heavy atom. The molecule has 0 heterocycles. The van der Waals surface area contributed by atoms with Gasteiger partial charge in [0, 0.05) is 4.47 Å². The summed E-state index contributed by atoms with van der Waals surface area (Å²) >= 11 is 3.62. The molecule has 1 unspecified atom stereocenters. The molecule has 0 aliphatic heterocycles. The molecule has 2 aromatic rings. The second-order valence-electron chi connectivity index (χ2n) is 4.86. The molecular formula is C17H20BrN. The minimum atomic E-state index is 0.253. The van der Waals surface area contributed by atoms with Crippen LogP contribution in [0.4, 0.5) is 0 Å². The number of halogens is 1. The molecule has 0 fully saturated rings. The zero-order valence-electron chi connectivity index (χ0n) is 11.7. The van der Waals surface area contributed by atoms with E-state index in [1.807, 2.05) is 0 Å². The molecule has 0 aliphatic rings. The molecule has 0 radical (unpaired) electrons. The van der Waals surface area contributed by atoms with Crippen molar-refractivity contribution in [3.63, 3.8) is 0 Å². The molecule has 2 heteroatoms. The quantitative estimate of drug-likeness (QED) is 0.856. The number of rotatable bonds is 4. The van der Waals surface area contributed by atoms with Gasteiger partial charge in [-0.25, -0.2) is 0 Å². The zero-order chi connectivity index (χ0) is 13.8. The van der Waals surface area contributed by atoms with Gasteiger partial charge in [0.2, 0.25) is 0 Å². The summed E-state index contributed by atoms with van der Waals surface area (Å²) in [5.74, 6) is 0. The third-order valence-electron chi connectivity index (χ3n) is 3.44. The van der Waals surface area contributed by atoms with Gasteiger partial charge >= 0.3 is 0 Å². The Hall–Kier alpha value is -1.12. The summed E-state index contributed by atoms with van der Waals surface area (Å²) in [7, 11) is 0. The van der Waals surface area contributed by atoms with E-state index in [1.54, 1.807) is 0 Å². The van der Waals surface area contributed by atoms with Gasteiger partial charge in [0.15, 0.2) is 0 Å². The van der Waals surface area contributed by atoms with Crippen molar-refractivity contribution in [1.82, 2.24) is 5.32 Å². The summed E-state index contributed by atoms with van der Waals surface area (Å²) in [6.45, 7) is 7.38. The van der Waals surface area contributed by atoms with Crippen molar-refractivity contribution in [2.45, 2.75) is 26.8 Å². The Bertz CT molecular complexity index is 546. The van der Waals surface area contributed by atoms with Crippen LogP contribution in [0.5, 0.6) is 0 Å². The first kappa shape index (κ1) is 14.3. The van der Waals surface area contributed by atoms with Crippen molar-refractivity contribution < 1.29 is 0 Å². The Balaban J connectivity index is 2.45. The van der Waals surface area contributed by atoms with E-state index < -0.39 is 0 Å². The van der Waals surface area contributed by atoms with Crippen molar-refractivity contribution in [2.24, 2.45) is 0 Å². The Morgan fingerprint density at radius 2 is 1.74 bits per heavy atom. The van der Waals surface area contributed by atoms with Crippen LogP contribution in [-0.4, -0.2) is 6.54 Å². The van der Waals surface area contributed by atoms with E-state index in [2.05, 4.69) is 84.5 Å². The summed E-state index contributed by atoms with van der Waals surface area (Å²) in [5.41, 5.74) is 5.24. The van der Waals surface area contributed by atoms with Crippen molar-refractivity contribution in [3.8, 4) is 0 Å². The van der Waals surface area contributed by atoms with Crippen LogP contribution in [0.25, 0.3) is 0 Å². The topological polar surface area (TPSA) is 12.0 Å². The van der Waals surface area contributed by atoms with E-state index in [4.69, 9.17) is 0 Å². The van der Waals surface area contributed by atoms with Gasteiger partial charge < -0.3 is 5.32 Å². The Kier molecular flexibility index (Phi) is 4.78. The smallest absolute Gasteiger partial charge is 0.0579 e. The molecule has 2 rings (SSSR count). The molecule has 1 atom stereocenters. The lowest BCUT2D eigenvalue weighted by Gasteiger charge is -2.21. The number of benzene rings is 2. The van der Waals surface area contributed by atoms with Crippen LogP contribution < -0.4 is 5.32 Å². The minimum Gasteiger partial charge on any atom is -0.307 e. The lowest BCUT2D eigenvalue weighted by molar-refractivity contribution is 0.627. The van der Waals surface area contributed by atoms with Gasteiger partial charge in [-0.2, -0.15) is 0 Å². The van der Waals surface area contributed by atoms with Gasteiger partial charge in [-0.3, -0.25) is 0 Å². The number of hydrogen-bond acceptors (Lipinski definition) is 1. The van der Waals surface area contributed by atoms with Crippen molar-refractivity contribution in [3.05, 3.63) is 69.2 Å². The first-order chi connectivity index (χ1) is 9.13. The van der Waals surface area contributed by atoms with Gasteiger partial charge in [0.1, 0.15) is 0 Å². The monoisotopic (exact) mass is 317 g/mol. The van der Waals surface area contributed by atoms with Crippen LogP contribution in [0.2, 0.25) is 0 Å². The van der Waals surface area contributed by atoms with E-state index in [1.165, 1.54) is 26.7 Å². The second-order valence-corrected chi connectivity index (χ2v) is 5.71. The predicted molar refractivity (Wildman–Crippen MR) is 85.6 cm³/mol. The lowest BCUT2D eigenvalue weighted by atomic mass is 9.94.